The van der Waals surface area contributed by atoms with Crippen molar-refractivity contribution in [1.82, 2.24) is 10.2 Å². The summed E-state index contributed by atoms with van der Waals surface area (Å²) in [5.74, 6) is 1.38. The molecule has 0 saturated carbocycles. The average molecular weight is 363 g/mol. The van der Waals surface area contributed by atoms with Gasteiger partial charge in [0.2, 0.25) is 0 Å². The molecular weight excluding hydrogens is 340 g/mol. The molecule has 2 aromatic carbocycles. The smallest absolute Gasteiger partial charge is 0.317 e. The molecule has 0 fully saturated rings. The van der Waals surface area contributed by atoms with E-state index in [9.17, 15) is 4.79 Å². The number of amides is 2. The lowest BCUT2D eigenvalue weighted by Gasteiger charge is -2.23. The zero-order valence-corrected chi connectivity index (χ0v) is 15.6. The van der Waals surface area contributed by atoms with Crippen molar-refractivity contribution in [3.8, 4) is 11.5 Å². The van der Waals surface area contributed by atoms with Crippen LogP contribution in [0.2, 0.25) is 5.02 Å². The minimum atomic E-state index is -0.213. The minimum absolute atomic E-state index is 0.176. The normalized spacial score (nSPS) is 11.6. The number of nitrogens with one attached hydrogen (secondary N) is 1. The summed E-state index contributed by atoms with van der Waals surface area (Å²) < 4.78 is 10.6. The van der Waals surface area contributed by atoms with E-state index in [4.69, 9.17) is 21.1 Å². The third kappa shape index (κ3) is 5.03. The third-order valence-corrected chi connectivity index (χ3v) is 4.14. The first kappa shape index (κ1) is 18.9. The van der Waals surface area contributed by atoms with E-state index in [0.29, 0.717) is 23.1 Å². The quantitative estimate of drug-likeness (QED) is 0.835. The Morgan fingerprint density at radius 2 is 1.96 bits per heavy atom. The molecule has 0 aliphatic carbocycles. The van der Waals surface area contributed by atoms with Crippen molar-refractivity contribution >= 4 is 17.6 Å². The van der Waals surface area contributed by atoms with Crippen molar-refractivity contribution in [1.29, 1.82) is 0 Å². The molecule has 134 valence electrons. The summed E-state index contributed by atoms with van der Waals surface area (Å²) in [5.41, 5.74) is 1.85. The summed E-state index contributed by atoms with van der Waals surface area (Å²) in [4.78, 5) is 14.1. The Morgan fingerprint density at radius 3 is 2.60 bits per heavy atom. The molecule has 0 saturated heterocycles. The molecule has 1 unspecified atom stereocenters. The lowest BCUT2D eigenvalue weighted by atomic mass is 10.1. The van der Waals surface area contributed by atoms with Crippen LogP contribution in [0.15, 0.2) is 42.5 Å². The molecule has 0 heterocycles. The van der Waals surface area contributed by atoms with Gasteiger partial charge in [0.15, 0.2) is 0 Å². The number of hydrogen-bond donors (Lipinski definition) is 1. The van der Waals surface area contributed by atoms with Crippen LogP contribution < -0.4 is 14.8 Å². The Kier molecular flexibility index (Phi) is 6.53. The summed E-state index contributed by atoms with van der Waals surface area (Å²) in [6, 6.07) is 12.6. The monoisotopic (exact) mass is 362 g/mol. The van der Waals surface area contributed by atoms with E-state index >= 15 is 0 Å². The van der Waals surface area contributed by atoms with Crippen LogP contribution in [0.4, 0.5) is 4.79 Å². The summed E-state index contributed by atoms with van der Waals surface area (Å²) in [5, 5.41) is 3.63. The fraction of sp³-hybridized carbons (Fsp3) is 0.316. The second kappa shape index (κ2) is 8.62. The van der Waals surface area contributed by atoms with Crippen LogP contribution in [0.3, 0.4) is 0 Å². The number of halogens is 1. The van der Waals surface area contributed by atoms with Gasteiger partial charge in [0.25, 0.3) is 0 Å². The number of nitrogens with zero attached hydrogens (tertiary/aromatic N) is 1. The largest absolute Gasteiger partial charge is 0.497 e. The maximum absolute atomic E-state index is 12.5. The third-order valence-electron chi connectivity index (χ3n) is 3.90. The fourth-order valence-corrected chi connectivity index (χ4v) is 2.74. The lowest BCUT2D eigenvalue weighted by molar-refractivity contribution is 0.203. The maximum atomic E-state index is 12.5. The molecule has 2 aromatic rings. The molecule has 0 radical (unpaired) electrons. The fourth-order valence-electron chi connectivity index (χ4n) is 2.53. The van der Waals surface area contributed by atoms with Gasteiger partial charge in [0, 0.05) is 30.2 Å². The molecule has 25 heavy (non-hydrogen) atoms. The Balaban J connectivity index is 2.04. The van der Waals surface area contributed by atoms with Crippen molar-refractivity contribution in [2.75, 3.05) is 21.3 Å². The van der Waals surface area contributed by atoms with Gasteiger partial charge in [-0.3, -0.25) is 0 Å². The number of rotatable bonds is 6. The number of methoxy groups -OCH3 is 2. The van der Waals surface area contributed by atoms with Crippen molar-refractivity contribution in [2.45, 2.75) is 19.5 Å². The Bertz CT molecular complexity index is 736. The van der Waals surface area contributed by atoms with E-state index in [-0.39, 0.29) is 12.1 Å². The average Bonchev–Trinajstić information content (AvgIpc) is 2.60. The highest BCUT2D eigenvalue weighted by atomic mass is 35.5. The van der Waals surface area contributed by atoms with Gasteiger partial charge in [-0.1, -0.05) is 23.7 Å². The minimum Gasteiger partial charge on any atom is -0.497 e. The maximum Gasteiger partial charge on any atom is 0.317 e. The van der Waals surface area contributed by atoms with Crippen LogP contribution in [-0.4, -0.2) is 32.2 Å². The summed E-state index contributed by atoms with van der Waals surface area (Å²) in [6.45, 7) is 2.38. The molecule has 1 N–H and O–H groups in total. The van der Waals surface area contributed by atoms with Crippen molar-refractivity contribution in [3.05, 3.63) is 58.6 Å². The predicted molar refractivity (Wildman–Crippen MR) is 99.4 cm³/mol. The molecule has 0 aliphatic heterocycles. The van der Waals surface area contributed by atoms with E-state index in [1.54, 1.807) is 32.2 Å². The van der Waals surface area contributed by atoms with Gasteiger partial charge in [-0.2, -0.15) is 0 Å². The highest BCUT2D eigenvalue weighted by Crippen LogP contribution is 2.29. The molecule has 0 aromatic heterocycles. The number of carbonyl (C=O) groups is 1. The van der Waals surface area contributed by atoms with E-state index in [2.05, 4.69) is 5.32 Å². The zero-order chi connectivity index (χ0) is 18.4. The van der Waals surface area contributed by atoms with Gasteiger partial charge in [-0.15, -0.1) is 0 Å². The summed E-state index contributed by atoms with van der Waals surface area (Å²) >= 11 is 5.99. The van der Waals surface area contributed by atoms with E-state index in [1.807, 2.05) is 43.3 Å². The number of hydrogen-bond acceptors (Lipinski definition) is 3. The number of benzene rings is 2. The van der Waals surface area contributed by atoms with E-state index in [0.717, 1.165) is 11.1 Å². The van der Waals surface area contributed by atoms with Gasteiger partial charge in [0.1, 0.15) is 11.5 Å². The Labute approximate surface area is 153 Å². The number of urea groups is 1. The van der Waals surface area contributed by atoms with Crippen LogP contribution in [0.5, 0.6) is 11.5 Å². The van der Waals surface area contributed by atoms with Crippen molar-refractivity contribution in [3.63, 3.8) is 0 Å². The topological polar surface area (TPSA) is 50.8 Å². The molecule has 0 bridgehead atoms. The van der Waals surface area contributed by atoms with Gasteiger partial charge in [-0.25, -0.2) is 4.79 Å². The van der Waals surface area contributed by atoms with E-state index in [1.165, 1.54) is 0 Å². The highest BCUT2D eigenvalue weighted by Gasteiger charge is 2.17. The van der Waals surface area contributed by atoms with Crippen LogP contribution in [0, 0.1) is 0 Å². The second-order valence-corrected chi connectivity index (χ2v) is 6.20. The molecular formula is C19H23ClN2O3. The standard InChI is InChI=1S/C19H23ClN2O3/c1-13(17-9-8-16(24-3)11-18(17)25-4)21-19(23)22(2)12-14-6-5-7-15(20)10-14/h5-11,13H,12H2,1-4H3,(H,21,23). The lowest BCUT2D eigenvalue weighted by Crippen LogP contribution is -2.38. The summed E-state index contributed by atoms with van der Waals surface area (Å²) in [6.07, 6.45) is 0. The van der Waals surface area contributed by atoms with Gasteiger partial charge < -0.3 is 19.7 Å². The molecule has 6 heteroatoms. The molecule has 0 spiro atoms. The number of ether oxygens (including phenoxy) is 2. The molecule has 2 amide bonds. The van der Waals surface area contributed by atoms with Crippen LogP contribution in [-0.2, 0) is 6.54 Å². The molecule has 5 nitrogen and oxygen atoms in total. The Hall–Kier alpha value is -2.40. The van der Waals surface area contributed by atoms with Crippen molar-refractivity contribution < 1.29 is 14.3 Å². The second-order valence-electron chi connectivity index (χ2n) is 5.77. The van der Waals surface area contributed by atoms with Crippen LogP contribution in [0.25, 0.3) is 0 Å². The van der Waals surface area contributed by atoms with Gasteiger partial charge >= 0.3 is 6.03 Å². The number of carbonyl (C=O) groups excluding carboxylic acids is 1. The van der Waals surface area contributed by atoms with Gasteiger partial charge in [0.05, 0.1) is 20.3 Å². The van der Waals surface area contributed by atoms with E-state index < -0.39 is 0 Å². The first-order valence-corrected chi connectivity index (χ1v) is 8.30. The SMILES string of the molecule is COc1ccc(C(C)NC(=O)N(C)Cc2cccc(Cl)c2)c(OC)c1. The van der Waals surface area contributed by atoms with Gasteiger partial charge in [-0.05, 0) is 36.8 Å². The molecule has 0 aliphatic rings. The molecule has 1 atom stereocenters. The van der Waals surface area contributed by atoms with Crippen molar-refractivity contribution in [2.24, 2.45) is 0 Å². The first-order chi connectivity index (χ1) is 11.9. The van der Waals surface area contributed by atoms with Crippen LogP contribution in [0.1, 0.15) is 24.1 Å². The summed E-state index contributed by atoms with van der Waals surface area (Å²) in [7, 11) is 4.94. The van der Waals surface area contributed by atoms with Crippen LogP contribution >= 0.6 is 11.6 Å². The highest BCUT2D eigenvalue weighted by molar-refractivity contribution is 6.30. The Morgan fingerprint density at radius 1 is 1.20 bits per heavy atom. The molecule has 2 rings (SSSR count). The first-order valence-electron chi connectivity index (χ1n) is 7.92. The predicted octanol–water partition coefficient (Wildman–Crippen LogP) is 4.26. The zero-order valence-electron chi connectivity index (χ0n) is 14.9.